The lowest BCUT2D eigenvalue weighted by Crippen LogP contribution is -2.58. The molecule has 0 aromatic carbocycles. The van der Waals surface area contributed by atoms with Gasteiger partial charge in [-0.25, -0.2) is 0 Å². The molecule has 0 amide bonds. The molecule has 17 heavy (non-hydrogen) atoms. The van der Waals surface area contributed by atoms with E-state index in [4.69, 9.17) is 10.5 Å². The number of piperidine rings is 1. The summed E-state index contributed by atoms with van der Waals surface area (Å²) in [6.45, 7) is 5.05. The lowest BCUT2D eigenvalue weighted by molar-refractivity contribution is -0.0577. The Kier molecular flexibility index (Phi) is 3.78. The van der Waals surface area contributed by atoms with E-state index < -0.39 is 5.54 Å². The third kappa shape index (κ3) is 2.99. The van der Waals surface area contributed by atoms with Gasteiger partial charge in [0.2, 0.25) is 0 Å². The molecule has 2 atom stereocenters. The largest absolute Gasteiger partial charge is 0.394 e. The summed E-state index contributed by atoms with van der Waals surface area (Å²) in [6, 6.07) is 0. The number of ether oxygens (including phenoxy) is 1. The average molecular weight is 242 g/mol. The monoisotopic (exact) mass is 242 g/mol. The molecule has 2 rings (SSSR count). The van der Waals surface area contributed by atoms with Gasteiger partial charge < -0.3 is 15.6 Å². The van der Waals surface area contributed by atoms with E-state index >= 15 is 0 Å². The number of nitrogens with two attached hydrogens (primary N) is 1. The van der Waals surface area contributed by atoms with Crippen molar-refractivity contribution in [3.63, 3.8) is 0 Å². The van der Waals surface area contributed by atoms with E-state index in [0.29, 0.717) is 5.92 Å². The van der Waals surface area contributed by atoms with Crippen molar-refractivity contribution in [3.05, 3.63) is 0 Å². The Balaban J connectivity index is 1.93. The normalized spacial score (nSPS) is 34.6. The number of hydrogen-bond acceptors (Lipinski definition) is 4. The minimum atomic E-state index is -0.397. The highest BCUT2D eigenvalue weighted by molar-refractivity contribution is 5.01. The summed E-state index contributed by atoms with van der Waals surface area (Å²) >= 11 is 0. The summed E-state index contributed by atoms with van der Waals surface area (Å²) < 4.78 is 5.59. The van der Waals surface area contributed by atoms with E-state index in [9.17, 15) is 5.11 Å². The van der Waals surface area contributed by atoms with Crippen LogP contribution < -0.4 is 5.73 Å². The van der Waals surface area contributed by atoms with Gasteiger partial charge in [0, 0.05) is 20.2 Å². The maximum atomic E-state index is 9.53. The molecule has 3 N–H and O–H groups in total. The number of aliphatic hydroxyl groups is 1. The van der Waals surface area contributed by atoms with Crippen LogP contribution in [0.3, 0.4) is 0 Å². The Bertz CT molecular complexity index is 270. The second-order valence-electron chi connectivity index (χ2n) is 6.13. The van der Waals surface area contributed by atoms with Crippen LogP contribution in [0.15, 0.2) is 0 Å². The second kappa shape index (κ2) is 4.84. The highest BCUT2D eigenvalue weighted by Gasteiger charge is 2.44. The molecule has 4 nitrogen and oxygen atoms in total. The van der Waals surface area contributed by atoms with Crippen molar-refractivity contribution in [3.8, 4) is 0 Å². The van der Waals surface area contributed by atoms with E-state index in [0.717, 1.165) is 32.5 Å². The van der Waals surface area contributed by atoms with Crippen LogP contribution in [-0.2, 0) is 4.74 Å². The molecule has 1 saturated carbocycles. The van der Waals surface area contributed by atoms with Crippen molar-refractivity contribution in [2.24, 2.45) is 11.7 Å². The van der Waals surface area contributed by atoms with Crippen LogP contribution in [0.25, 0.3) is 0 Å². The molecule has 2 aliphatic rings. The first-order valence-corrected chi connectivity index (χ1v) is 6.69. The first kappa shape index (κ1) is 13.3. The number of nitrogens with zero attached hydrogens (tertiary/aromatic N) is 1. The summed E-state index contributed by atoms with van der Waals surface area (Å²) in [5.41, 5.74) is 5.89. The highest BCUT2D eigenvalue weighted by Crippen LogP contribution is 2.39. The number of hydrogen-bond donors (Lipinski definition) is 2. The van der Waals surface area contributed by atoms with Gasteiger partial charge in [-0.05, 0) is 45.1 Å². The van der Waals surface area contributed by atoms with Crippen molar-refractivity contribution in [2.75, 3.05) is 33.4 Å². The van der Waals surface area contributed by atoms with E-state index in [1.807, 2.05) is 0 Å². The van der Waals surface area contributed by atoms with Gasteiger partial charge >= 0.3 is 0 Å². The second-order valence-corrected chi connectivity index (χ2v) is 6.13. The summed E-state index contributed by atoms with van der Waals surface area (Å²) in [5.74, 6) is 0.517. The van der Waals surface area contributed by atoms with Crippen LogP contribution in [0.1, 0.15) is 32.6 Å². The van der Waals surface area contributed by atoms with Crippen LogP contribution in [0.4, 0.5) is 0 Å². The minimum absolute atomic E-state index is 0.0435. The van der Waals surface area contributed by atoms with Crippen LogP contribution >= 0.6 is 0 Å². The number of aliphatic hydroxyl groups excluding tert-OH is 1. The molecule has 0 spiro atoms. The third-order valence-electron chi connectivity index (χ3n) is 4.43. The molecule has 1 saturated heterocycles. The Morgan fingerprint density at radius 2 is 2.24 bits per heavy atom. The zero-order valence-electron chi connectivity index (χ0n) is 11.1. The highest BCUT2D eigenvalue weighted by atomic mass is 16.5. The number of rotatable bonds is 5. The lowest BCUT2D eigenvalue weighted by Gasteiger charge is -2.43. The van der Waals surface area contributed by atoms with E-state index in [1.165, 1.54) is 12.8 Å². The Hall–Kier alpha value is -0.160. The smallest absolute Gasteiger partial charge is 0.0777 e. The maximum absolute atomic E-state index is 9.53. The summed E-state index contributed by atoms with van der Waals surface area (Å²) in [6.07, 6.45) is 4.61. The summed E-state index contributed by atoms with van der Waals surface area (Å²) in [4.78, 5) is 2.36. The molecule has 0 bridgehead atoms. The summed E-state index contributed by atoms with van der Waals surface area (Å²) in [7, 11) is 1.78. The fraction of sp³-hybridized carbons (Fsp3) is 1.00. The molecular formula is C13H26N2O2. The lowest BCUT2D eigenvalue weighted by atomic mass is 9.90. The molecular weight excluding hydrogens is 216 g/mol. The van der Waals surface area contributed by atoms with Crippen LogP contribution in [0.2, 0.25) is 0 Å². The summed E-state index contributed by atoms with van der Waals surface area (Å²) in [5, 5.41) is 9.53. The van der Waals surface area contributed by atoms with Crippen molar-refractivity contribution < 1.29 is 9.84 Å². The van der Waals surface area contributed by atoms with Gasteiger partial charge in [0.25, 0.3) is 0 Å². The predicted octanol–water partition coefficient (Wildman–Crippen LogP) is 0.587. The van der Waals surface area contributed by atoms with Crippen molar-refractivity contribution in [1.29, 1.82) is 0 Å². The van der Waals surface area contributed by atoms with Crippen molar-refractivity contribution in [2.45, 2.75) is 43.7 Å². The third-order valence-corrected chi connectivity index (χ3v) is 4.43. The molecule has 100 valence electrons. The van der Waals surface area contributed by atoms with Gasteiger partial charge in [0.1, 0.15) is 0 Å². The fourth-order valence-electron chi connectivity index (χ4n) is 2.99. The predicted molar refractivity (Wildman–Crippen MR) is 67.8 cm³/mol. The standard InChI is InChI=1S/C13H26N2O2/c1-12(17-2)6-3-7-15(8-12)9-13(14,10-16)11-4-5-11/h11,16H,3-10,14H2,1-2H3. The molecule has 4 heteroatoms. The van der Waals surface area contributed by atoms with E-state index in [-0.39, 0.29) is 12.2 Å². The van der Waals surface area contributed by atoms with Gasteiger partial charge in [-0.1, -0.05) is 0 Å². The molecule has 1 aliphatic heterocycles. The molecule has 2 fully saturated rings. The fourth-order valence-corrected chi connectivity index (χ4v) is 2.99. The van der Waals surface area contributed by atoms with Gasteiger partial charge in [-0.2, -0.15) is 0 Å². The molecule has 1 heterocycles. The van der Waals surface area contributed by atoms with E-state index in [2.05, 4.69) is 11.8 Å². The number of likely N-dealkylation sites (tertiary alicyclic amines) is 1. The first-order valence-electron chi connectivity index (χ1n) is 6.69. The van der Waals surface area contributed by atoms with Crippen LogP contribution in [0.5, 0.6) is 0 Å². The topological polar surface area (TPSA) is 58.7 Å². The molecule has 1 aliphatic carbocycles. The maximum Gasteiger partial charge on any atom is 0.0777 e. The van der Waals surface area contributed by atoms with E-state index in [1.54, 1.807) is 7.11 Å². The quantitative estimate of drug-likeness (QED) is 0.741. The van der Waals surface area contributed by atoms with Gasteiger partial charge in [0.05, 0.1) is 17.7 Å². The molecule has 0 aromatic heterocycles. The Morgan fingerprint density at radius 3 is 2.76 bits per heavy atom. The zero-order valence-corrected chi connectivity index (χ0v) is 11.1. The van der Waals surface area contributed by atoms with Crippen molar-refractivity contribution >= 4 is 0 Å². The first-order chi connectivity index (χ1) is 8.01. The van der Waals surface area contributed by atoms with Crippen LogP contribution in [-0.4, -0.2) is 54.5 Å². The Labute approximate surface area is 104 Å². The minimum Gasteiger partial charge on any atom is -0.394 e. The number of methoxy groups -OCH3 is 1. The van der Waals surface area contributed by atoms with Gasteiger partial charge in [-0.15, -0.1) is 0 Å². The molecule has 2 unspecified atom stereocenters. The van der Waals surface area contributed by atoms with Crippen LogP contribution in [0, 0.1) is 5.92 Å². The van der Waals surface area contributed by atoms with Crippen molar-refractivity contribution in [1.82, 2.24) is 4.90 Å². The van der Waals surface area contributed by atoms with Gasteiger partial charge in [0.15, 0.2) is 0 Å². The van der Waals surface area contributed by atoms with Gasteiger partial charge in [-0.3, -0.25) is 4.90 Å². The molecule has 0 radical (unpaired) electrons. The molecule has 0 aromatic rings. The Morgan fingerprint density at radius 1 is 1.53 bits per heavy atom. The SMILES string of the molecule is COC1(C)CCCN(CC(N)(CO)C2CC2)C1. The zero-order chi connectivity index (χ0) is 12.5. The average Bonchev–Trinajstić information content (AvgIpc) is 3.13.